The van der Waals surface area contributed by atoms with Gasteiger partial charge in [0, 0.05) is 11.4 Å². The van der Waals surface area contributed by atoms with Crippen molar-refractivity contribution in [1.29, 1.82) is 0 Å². The van der Waals surface area contributed by atoms with E-state index < -0.39 is 29.4 Å². The zero-order valence-corrected chi connectivity index (χ0v) is 14.8. The Morgan fingerprint density at radius 3 is 2.25 bits per heavy atom. The van der Waals surface area contributed by atoms with Crippen LogP contribution in [0.2, 0.25) is 0 Å². The number of hydrogen-bond donors (Lipinski definition) is 1. The topological polar surface area (TPSA) is 84.9 Å². The van der Waals surface area contributed by atoms with Crippen LogP contribution in [-0.4, -0.2) is 54.3 Å². The third-order valence-corrected chi connectivity index (χ3v) is 5.07. The lowest BCUT2D eigenvalue weighted by molar-refractivity contribution is -0.147. The van der Waals surface area contributed by atoms with Crippen molar-refractivity contribution in [1.82, 2.24) is 4.90 Å². The zero-order valence-electron chi connectivity index (χ0n) is 14.0. The van der Waals surface area contributed by atoms with E-state index >= 15 is 0 Å². The number of amides is 2. The molecular weight excluding hydrogens is 332 g/mol. The van der Waals surface area contributed by atoms with Gasteiger partial charge in [-0.05, 0) is 25.0 Å². The minimum absolute atomic E-state index is 0.270. The average Bonchev–Trinajstić information content (AvgIpc) is 3.01. The number of nitrogens with one attached hydrogen (secondary N) is 1. The number of urea groups is 1. The van der Waals surface area contributed by atoms with Crippen LogP contribution in [0.1, 0.15) is 11.1 Å². The van der Waals surface area contributed by atoms with Crippen molar-refractivity contribution in [3.63, 3.8) is 0 Å². The van der Waals surface area contributed by atoms with Crippen LogP contribution in [0, 0.1) is 13.8 Å². The summed E-state index contributed by atoms with van der Waals surface area (Å²) in [6, 6.07) is 4.26. The molecule has 2 atom stereocenters. The lowest BCUT2D eigenvalue weighted by atomic mass is 10.1. The first kappa shape index (κ1) is 18.1. The molecule has 0 unspecified atom stereocenters. The van der Waals surface area contributed by atoms with E-state index in [0.717, 1.165) is 11.1 Å². The molecule has 7 nitrogen and oxygen atoms in total. The van der Waals surface area contributed by atoms with Gasteiger partial charge < -0.3 is 14.8 Å². The first-order valence-electron chi connectivity index (χ1n) is 7.33. The van der Waals surface area contributed by atoms with Gasteiger partial charge in [-0.15, -0.1) is 11.8 Å². The van der Waals surface area contributed by atoms with E-state index in [1.165, 1.54) is 30.9 Å². The Bertz CT molecular complexity index is 620. The third-order valence-electron chi connectivity index (χ3n) is 3.82. The Morgan fingerprint density at radius 2 is 1.71 bits per heavy atom. The maximum atomic E-state index is 12.8. The first-order valence-corrected chi connectivity index (χ1v) is 8.38. The second-order valence-electron chi connectivity index (χ2n) is 5.35. The van der Waals surface area contributed by atoms with Gasteiger partial charge in [-0.25, -0.2) is 14.4 Å². The number of para-hydroxylation sites is 1. The normalized spacial score (nSPS) is 19.8. The fourth-order valence-electron chi connectivity index (χ4n) is 2.54. The number of rotatable bonds is 3. The highest BCUT2D eigenvalue weighted by Gasteiger charge is 2.46. The van der Waals surface area contributed by atoms with Crippen LogP contribution in [0.25, 0.3) is 0 Å². The molecule has 1 N–H and O–H groups in total. The van der Waals surface area contributed by atoms with Crippen molar-refractivity contribution < 1.29 is 23.9 Å². The number of hydrogen-bond acceptors (Lipinski definition) is 6. The predicted octanol–water partition coefficient (Wildman–Crippen LogP) is 1.92. The van der Waals surface area contributed by atoms with Crippen LogP contribution in [0.15, 0.2) is 18.2 Å². The van der Waals surface area contributed by atoms with Crippen molar-refractivity contribution in [2.45, 2.75) is 25.3 Å². The van der Waals surface area contributed by atoms with Crippen molar-refractivity contribution in [3.8, 4) is 0 Å². The maximum absolute atomic E-state index is 12.8. The van der Waals surface area contributed by atoms with Gasteiger partial charge >= 0.3 is 18.0 Å². The van der Waals surface area contributed by atoms with Crippen LogP contribution in [-0.2, 0) is 19.1 Å². The fourth-order valence-corrected chi connectivity index (χ4v) is 3.83. The van der Waals surface area contributed by atoms with E-state index in [9.17, 15) is 14.4 Å². The highest BCUT2D eigenvalue weighted by atomic mass is 32.2. The lowest BCUT2D eigenvalue weighted by Crippen LogP contribution is -2.50. The van der Waals surface area contributed by atoms with E-state index in [0.29, 0.717) is 5.69 Å². The molecule has 0 saturated carbocycles. The van der Waals surface area contributed by atoms with Crippen molar-refractivity contribution in [2.24, 2.45) is 0 Å². The molecule has 130 valence electrons. The van der Waals surface area contributed by atoms with Crippen molar-refractivity contribution in [3.05, 3.63) is 29.3 Å². The first-order chi connectivity index (χ1) is 11.4. The van der Waals surface area contributed by atoms with Crippen molar-refractivity contribution in [2.75, 3.05) is 25.3 Å². The number of esters is 2. The summed E-state index contributed by atoms with van der Waals surface area (Å²) in [7, 11) is 2.50. The monoisotopic (exact) mass is 352 g/mol. The second kappa shape index (κ2) is 7.57. The number of anilines is 1. The Kier molecular flexibility index (Phi) is 5.71. The predicted molar refractivity (Wildman–Crippen MR) is 90.8 cm³/mol. The number of ether oxygens (including phenoxy) is 2. The number of aryl methyl sites for hydroxylation is 2. The van der Waals surface area contributed by atoms with Gasteiger partial charge in [0.25, 0.3) is 0 Å². The molecule has 0 radical (unpaired) electrons. The lowest BCUT2D eigenvalue weighted by Gasteiger charge is -2.27. The summed E-state index contributed by atoms with van der Waals surface area (Å²) in [4.78, 5) is 37.9. The number of nitrogens with zero attached hydrogens (tertiary/aromatic N) is 1. The van der Waals surface area contributed by atoms with E-state index in [2.05, 4.69) is 5.32 Å². The van der Waals surface area contributed by atoms with Gasteiger partial charge in [0.2, 0.25) is 0 Å². The van der Waals surface area contributed by atoms with Gasteiger partial charge in [0.15, 0.2) is 5.37 Å². The minimum Gasteiger partial charge on any atom is -0.467 e. The Hall–Kier alpha value is -2.22. The summed E-state index contributed by atoms with van der Waals surface area (Å²) in [5, 5.41) is 1.91. The highest BCUT2D eigenvalue weighted by Crippen LogP contribution is 2.32. The Morgan fingerprint density at radius 1 is 1.12 bits per heavy atom. The summed E-state index contributed by atoms with van der Waals surface area (Å²) < 4.78 is 9.49. The maximum Gasteiger partial charge on any atom is 0.339 e. The molecule has 1 aromatic rings. The molecule has 0 aliphatic carbocycles. The average molecular weight is 352 g/mol. The molecule has 1 saturated heterocycles. The highest BCUT2D eigenvalue weighted by molar-refractivity contribution is 8.00. The number of carbonyl (C=O) groups excluding carboxylic acids is 3. The van der Waals surface area contributed by atoms with Gasteiger partial charge in [0.1, 0.15) is 6.04 Å². The molecule has 8 heteroatoms. The number of carbonyl (C=O) groups is 3. The van der Waals surface area contributed by atoms with Crippen LogP contribution < -0.4 is 5.32 Å². The molecule has 0 bridgehead atoms. The molecule has 1 aliphatic heterocycles. The Balaban J connectivity index is 2.30. The van der Waals surface area contributed by atoms with E-state index in [1.54, 1.807) is 0 Å². The van der Waals surface area contributed by atoms with Crippen LogP contribution >= 0.6 is 11.8 Å². The van der Waals surface area contributed by atoms with Crippen LogP contribution in [0.3, 0.4) is 0 Å². The van der Waals surface area contributed by atoms with Gasteiger partial charge in [0.05, 0.1) is 14.2 Å². The standard InChI is InChI=1S/C16H20N2O5S/c1-9-6-5-7-10(2)12(9)17-16(21)18-11(14(19)22-3)8-24-13(18)15(20)23-4/h5-7,11,13H,8H2,1-4H3,(H,17,21)/t11-,13-/m0/s1. The molecule has 1 heterocycles. The summed E-state index contributed by atoms with van der Waals surface area (Å²) >= 11 is 1.17. The van der Waals surface area contributed by atoms with E-state index in [-0.39, 0.29) is 5.75 Å². The van der Waals surface area contributed by atoms with Crippen LogP contribution in [0.5, 0.6) is 0 Å². The largest absolute Gasteiger partial charge is 0.467 e. The zero-order chi connectivity index (χ0) is 17.9. The molecular formula is C16H20N2O5S. The minimum atomic E-state index is -0.886. The fraction of sp³-hybridized carbons (Fsp3) is 0.438. The molecule has 24 heavy (non-hydrogen) atoms. The van der Waals surface area contributed by atoms with Crippen molar-refractivity contribution >= 4 is 35.4 Å². The summed E-state index contributed by atoms with van der Waals surface area (Å²) in [5.74, 6) is -0.874. The summed E-state index contributed by atoms with van der Waals surface area (Å²) in [6.45, 7) is 3.74. The molecule has 1 aromatic carbocycles. The molecule has 0 spiro atoms. The summed E-state index contributed by atoms with van der Waals surface area (Å²) in [5.41, 5.74) is 2.44. The second-order valence-corrected chi connectivity index (χ2v) is 6.47. The van der Waals surface area contributed by atoms with Gasteiger partial charge in [-0.3, -0.25) is 4.90 Å². The SMILES string of the molecule is COC(=O)[C@@H]1CS[C@@H](C(=O)OC)N1C(=O)Nc1c(C)cccc1C. The summed E-state index contributed by atoms with van der Waals surface area (Å²) in [6.07, 6.45) is 0. The number of thioether (sulfide) groups is 1. The van der Waals surface area contributed by atoms with Gasteiger partial charge in [-0.1, -0.05) is 18.2 Å². The molecule has 1 fully saturated rings. The Labute approximate surface area is 144 Å². The molecule has 2 amide bonds. The molecule has 1 aliphatic rings. The third kappa shape index (κ3) is 3.48. The van der Waals surface area contributed by atoms with E-state index in [1.807, 2.05) is 32.0 Å². The van der Waals surface area contributed by atoms with E-state index in [4.69, 9.17) is 9.47 Å². The van der Waals surface area contributed by atoms with Gasteiger partial charge in [-0.2, -0.15) is 0 Å². The molecule has 0 aromatic heterocycles. The molecule has 2 rings (SSSR count). The number of benzene rings is 1. The van der Waals surface area contributed by atoms with Crippen LogP contribution in [0.4, 0.5) is 10.5 Å². The smallest absolute Gasteiger partial charge is 0.339 e. The quantitative estimate of drug-likeness (QED) is 0.837. The number of methoxy groups -OCH3 is 2.